The highest BCUT2D eigenvalue weighted by atomic mass is 32.2. The predicted octanol–water partition coefficient (Wildman–Crippen LogP) is 0.00170. The van der Waals surface area contributed by atoms with Gasteiger partial charge in [0.25, 0.3) is 0 Å². The minimum atomic E-state index is -2.96. The zero-order chi connectivity index (χ0) is 13.4. The Labute approximate surface area is 110 Å². The molecule has 3 unspecified atom stereocenters. The molecule has 0 bridgehead atoms. The van der Waals surface area contributed by atoms with Crippen LogP contribution in [0, 0.1) is 0 Å². The van der Waals surface area contributed by atoms with Crippen LogP contribution in [0.5, 0.6) is 0 Å². The van der Waals surface area contributed by atoms with Crippen molar-refractivity contribution >= 4 is 9.84 Å². The number of hydrogen-bond donors (Lipinski definition) is 1. The van der Waals surface area contributed by atoms with Crippen molar-refractivity contribution in [3.8, 4) is 0 Å². The second kappa shape index (κ2) is 5.07. The molecule has 0 radical (unpaired) electrons. The average molecular weight is 276 g/mol. The number of rotatable bonds is 2. The van der Waals surface area contributed by atoms with Gasteiger partial charge in [0, 0.05) is 24.7 Å². The summed E-state index contributed by atoms with van der Waals surface area (Å²) in [4.78, 5) is 2.28. The molecule has 0 aromatic heterocycles. The molecule has 2 aliphatic heterocycles. The van der Waals surface area contributed by atoms with Gasteiger partial charge in [0.15, 0.2) is 9.84 Å². The van der Waals surface area contributed by atoms with Gasteiger partial charge in [0.1, 0.15) is 0 Å². The van der Waals surface area contributed by atoms with E-state index in [1.165, 1.54) is 0 Å². The molecule has 2 saturated heterocycles. The summed E-state index contributed by atoms with van der Waals surface area (Å²) in [6.45, 7) is 5.95. The molecule has 2 heterocycles. The van der Waals surface area contributed by atoms with E-state index in [1.807, 2.05) is 6.92 Å². The van der Waals surface area contributed by atoms with Gasteiger partial charge in [-0.2, -0.15) is 0 Å². The standard InChI is InChI=1S/C12H24N2O3S/c1-10-7-17-11(2)6-14(10)12(8-13)4-3-5-18(15,16)9-12/h10-11H,3-9,13H2,1-2H3. The molecule has 0 aliphatic carbocycles. The molecule has 0 amide bonds. The highest BCUT2D eigenvalue weighted by Crippen LogP contribution is 2.32. The van der Waals surface area contributed by atoms with Crippen molar-refractivity contribution in [1.29, 1.82) is 0 Å². The molecule has 2 N–H and O–H groups in total. The Morgan fingerprint density at radius 3 is 2.78 bits per heavy atom. The van der Waals surface area contributed by atoms with E-state index in [1.54, 1.807) is 0 Å². The molecule has 106 valence electrons. The largest absolute Gasteiger partial charge is 0.376 e. The van der Waals surface area contributed by atoms with Gasteiger partial charge in [-0.05, 0) is 26.7 Å². The van der Waals surface area contributed by atoms with Gasteiger partial charge in [-0.3, -0.25) is 4.90 Å². The Morgan fingerprint density at radius 1 is 1.44 bits per heavy atom. The molecular formula is C12H24N2O3S. The van der Waals surface area contributed by atoms with Gasteiger partial charge in [-0.1, -0.05) is 0 Å². The third kappa shape index (κ3) is 2.71. The Bertz CT molecular complexity index is 398. The highest BCUT2D eigenvalue weighted by Gasteiger charge is 2.45. The molecule has 0 saturated carbocycles. The lowest BCUT2D eigenvalue weighted by Gasteiger charge is -2.51. The maximum absolute atomic E-state index is 11.9. The van der Waals surface area contributed by atoms with Gasteiger partial charge in [-0.25, -0.2) is 8.42 Å². The van der Waals surface area contributed by atoms with Crippen molar-refractivity contribution in [3.05, 3.63) is 0 Å². The minimum Gasteiger partial charge on any atom is -0.376 e. The molecule has 0 aromatic rings. The van der Waals surface area contributed by atoms with Crippen LogP contribution in [0.15, 0.2) is 0 Å². The summed E-state index contributed by atoms with van der Waals surface area (Å²) < 4.78 is 29.5. The fraction of sp³-hybridized carbons (Fsp3) is 1.00. The van der Waals surface area contributed by atoms with Crippen LogP contribution < -0.4 is 5.73 Å². The molecule has 3 atom stereocenters. The maximum atomic E-state index is 11.9. The van der Waals surface area contributed by atoms with Gasteiger partial charge >= 0.3 is 0 Å². The normalized spacial score (nSPS) is 41.7. The molecule has 2 fully saturated rings. The molecule has 2 rings (SSSR count). The fourth-order valence-corrected chi connectivity index (χ4v) is 5.22. The Hall–Kier alpha value is -0.170. The van der Waals surface area contributed by atoms with Crippen LogP contribution in [0.4, 0.5) is 0 Å². The number of sulfone groups is 1. The summed E-state index contributed by atoms with van der Waals surface area (Å²) in [5.74, 6) is 0.511. The van der Waals surface area contributed by atoms with Crippen molar-refractivity contribution in [1.82, 2.24) is 4.90 Å². The Balaban J connectivity index is 2.25. The Morgan fingerprint density at radius 2 is 2.17 bits per heavy atom. The van der Waals surface area contributed by atoms with Crippen LogP contribution >= 0.6 is 0 Å². The highest BCUT2D eigenvalue weighted by molar-refractivity contribution is 7.91. The van der Waals surface area contributed by atoms with E-state index in [-0.39, 0.29) is 23.4 Å². The summed E-state index contributed by atoms with van der Waals surface area (Å²) in [7, 11) is -2.96. The average Bonchev–Trinajstić information content (AvgIpc) is 2.31. The summed E-state index contributed by atoms with van der Waals surface area (Å²) >= 11 is 0. The molecule has 18 heavy (non-hydrogen) atoms. The van der Waals surface area contributed by atoms with E-state index in [0.717, 1.165) is 19.4 Å². The van der Waals surface area contributed by atoms with E-state index < -0.39 is 9.84 Å². The van der Waals surface area contributed by atoms with Crippen LogP contribution in [-0.4, -0.2) is 62.2 Å². The van der Waals surface area contributed by atoms with E-state index in [0.29, 0.717) is 18.9 Å². The number of nitrogens with two attached hydrogens (primary N) is 1. The van der Waals surface area contributed by atoms with Crippen molar-refractivity contribution < 1.29 is 13.2 Å². The van der Waals surface area contributed by atoms with Gasteiger partial charge in [-0.15, -0.1) is 0 Å². The molecule has 5 nitrogen and oxygen atoms in total. The van der Waals surface area contributed by atoms with E-state index in [9.17, 15) is 8.42 Å². The first kappa shape index (κ1) is 14.2. The molecule has 0 aromatic carbocycles. The monoisotopic (exact) mass is 276 g/mol. The first-order valence-corrected chi connectivity index (χ1v) is 8.49. The molecular weight excluding hydrogens is 252 g/mol. The number of morpholine rings is 1. The van der Waals surface area contributed by atoms with Gasteiger partial charge in [0.05, 0.1) is 24.2 Å². The zero-order valence-corrected chi connectivity index (χ0v) is 12.1. The van der Waals surface area contributed by atoms with Crippen LogP contribution in [0.3, 0.4) is 0 Å². The van der Waals surface area contributed by atoms with Gasteiger partial charge in [0.2, 0.25) is 0 Å². The van der Waals surface area contributed by atoms with Crippen molar-refractivity contribution in [3.63, 3.8) is 0 Å². The number of nitrogens with zero attached hydrogens (tertiary/aromatic N) is 1. The smallest absolute Gasteiger partial charge is 0.152 e. The lowest BCUT2D eigenvalue weighted by Crippen LogP contribution is -2.66. The van der Waals surface area contributed by atoms with E-state index in [4.69, 9.17) is 10.5 Å². The molecule has 6 heteroatoms. The van der Waals surface area contributed by atoms with Crippen molar-refractivity contribution in [2.45, 2.75) is 44.4 Å². The van der Waals surface area contributed by atoms with Crippen LogP contribution in [0.25, 0.3) is 0 Å². The van der Waals surface area contributed by atoms with Gasteiger partial charge < -0.3 is 10.5 Å². The third-order valence-electron chi connectivity index (χ3n) is 4.18. The summed E-state index contributed by atoms with van der Waals surface area (Å²) in [5.41, 5.74) is 5.57. The second-order valence-electron chi connectivity index (χ2n) is 5.77. The first-order chi connectivity index (χ1) is 8.38. The van der Waals surface area contributed by atoms with E-state index in [2.05, 4.69) is 11.8 Å². The third-order valence-corrected chi connectivity index (χ3v) is 6.07. The van der Waals surface area contributed by atoms with Crippen LogP contribution in [-0.2, 0) is 14.6 Å². The predicted molar refractivity (Wildman–Crippen MR) is 71.3 cm³/mol. The zero-order valence-electron chi connectivity index (χ0n) is 11.3. The second-order valence-corrected chi connectivity index (χ2v) is 7.95. The molecule has 0 spiro atoms. The van der Waals surface area contributed by atoms with Crippen LogP contribution in [0.1, 0.15) is 26.7 Å². The summed E-state index contributed by atoms with van der Waals surface area (Å²) in [5, 5.41) is 0. The molecule has 2 aliphatic rings. The quantitative estimate of drug-likeness (QED) is 0.769. The SMILES string of the molecule is CC1CN(C2(CN)CCCS(=O)(=O)C2)C(C)CO1. The number of ether oxygens (including phenoxy) is 1. The van der Waals surface area contributed by atoms with Crippen molar-refractivity contribution in [2.24, 2.45) is 5.73 Å². The number of hydrogen-bond acceptors (Lipinski definition) is 5. The topological polar surface area (TPSA) is 72.6 Å². The fourth-order valence-electron chi connectivity index (χ4n) is 3.24. The van der Waals surface area contributed by atoms with Crippen molar-refractivity contribution in [2.75, 3.05) is 31.2 Å². The Kier molecular flexibility index (Phi) is 4.02. The van der Waals surface area contributed by atoms with E-state index >= 15 is 0 Å². The lowest BCUT2D eigenvalue weighted by molar-refractivity contribution is -0.0899. The lowest BCUT2D eigenvalue weighted by atomic mass is 9.90. The first-order valence-electron chi connectivity index (χ1n) is 6.67. The maximum Gasteiger partial charge on any atom is 0.152 e. The minimum absolute atomic E-state index is 0.147. The van der Waals surface area contributed by atoms with Crippen LogP contribution in [0.2, 0.25) is 0 Å². The summed E-state index contributed by atoms with van der Waals surface area (Å²) in [6.07, 6.45) is 1.74. The summed E-state index contributed by atoms with van der Waals surface area (Å²) in [6, 6.07) is 0.234.